The van der Waals surface area contributed by atoms with Gasteiger partial charge in [0.25, 0.3) is 0 Å². The van der Waals surface area contributed by atoms with Gasteiger partial charge in [0.1, 0.15) is 5.75 Å². The number of ether oxygens (including phenoxy) is 1. The summed E-state index contributed by atoms with van der Waals surface area (Å²) in [5.41, 5.74) is 0.485. The Labute approximate surface area is 111 Å². The van der Waals surface area contributed by atoms with E-state index in [4.69, 9.17) is 21.4 Å². The first-order valence-electron chi connectivity index (χ1n) is 4.75. The van der Waals surface area contributed by atoms with Crippen molar-refractivity contribution >= 4 is 27.5 Å². The Bertz CT molecular complexity index is 519. The largest absolute Gasteiger partial charge is 0.436 e. The number of hydrogen-bond acceptors (Lipinski definition) is 4. The Morgan fingerprint density at radius 3 is 2.65 bits per heavy atom. The van der Waals surface area contributed by atoms with Crippen molar-refractivity contribution in [2.75, 3.05) is 0 Å². The van der Waals surface area contributed by atoms with Gasteiger partial charge in [0.2, 0.25) is 5.88 Å². The topological polar surface area (TPSA) is 55.2 Å². The summed E-state index contributed by atoms with van der Waals surface area (Å²) in [7, 11) is 0. The number of halogens is 2. The third-order valence-electron chi connectivity index (χ3n) is 1.97. The van der Waals surface area contributed by atoms with Crippen LogP contribution in [-0.2, 0) is 6.61 Å². The number of rotatable bonds is 3. The van der Waals surface area contributed by atoms with Crippen molar-refractivity contribution in [2.24, 2.45) is 0 Å². The zero-order valence-electron chi connectivity index (χ0n) is 8.60. The Hall–Kier alpha value is -1.17. The molecule has 0 fully saturated rings. The molecule has 0 saturated carbocycles. The van der Waals surface area contributed by atoms with E-state index in [2.05, 4.69) is 26.1 Å². The number of benzene rings is 1. The molecule has 0 aliphatic heterocycles. The molecule has 0 radical (unpaired) electrons. The Balaban J connectivity index is 2.19. The highest BCUT2D eigenvalue weighted by Gasteiger charge is 2.05. The van der Waals surface area contributed by atoms with Crippen LogP contribution in [0.15, 0.2) is 34.8 Å². The average Bonchev–Trinajstić information content (AvgIpc) is 2.34. The molecule has 0 unspecified atom stereocenters. The van der Waals surface area contributed by atoms with Crippen molar-refractivity contribution in [2.45, 2.75) is 6.61 Å². The van der Waals surface area contributed by atoms with Crippen LogP contribution in [0.2, 0.25) is 5.02 Å². The molecule has 0 saturated heterocycles. The maximum absolute atomic E-state index is 8.82. The minimum Gasteiger partial charge on any atom is -0.436 e. The van der Waals surface area contributed by atoms with Crippen LogP contribution in [-0.4, -0.2) is 15.3 Å². The molecule has 0 aliphatic rings. The SMILES string of the molecule is OCc1ccc(Oc2ccc(Br)cc2Cl)nn1. The summed E-state index contributed by atoms with van der Waals surface area (Å²) in [5.74, 6) is 0.826. The number of aromatic nitrogens is 2. The van der Waals surface area contributed by atoms with E-state index in [1.165, 1.54) is 0 Å². The fraction of sp³-hybridized carbons (Fsp3) is 0.0909. The molecular weight excluding hydrogens is 307 g/mol. The van der Waals surface area contributed by atoms with E-state index in [1.54, 1.807) is 24.3 Å². The molecular formula is C11H8BrClN2O2. The van der Waals surface area contributed by atoms with Crippen LogP contribution >= 0.6 is 27.5 Å². The van der Waals surface area contributed by atoms with Gasteiger partial charge in [-0.05, 0) is 24.3 Å². The predicted molar refractivity (Wildman–Crippen MR) is 67.2 cm³/mol. The van der Waals surface area contributed by atoms with Crippen LogP contribution in [0, 0.1) is 0 Å². The van der Waals surface area contributed by atoms with Crippen LogP contribution in [0.3, 0.4) is 0 Å². The molecule has 0 aliphatic carbocycles. The van der Waals surface area contributed by atoms with Crippen molar-refractivity contribution in [3.8, 4) is 11.6 Å². The zero-order chi connectivity index (χ0) is 12.3. The van der Waals surface area contributed by atoms with Crippen molar-refractivity contribution < 1.29 is 9.84 Å². The minimum atomic E-state index is -0.147. The Kier molecular flexibility index (Phi) is 3.93. The second-order valence-electron chi connectivity index (χ2n) is 3.20. The van der Waals surface area contributed by atoms with Gasteiger partial charge < -0.3 is 9.84 Å². The fourth-order valence-electron chi connectivity index (χ4n) is 1.16. The number of aliphatic hydroxyl groups is 1. The molecule has 6 heteroatoms. The molecule has 0 bridgehead atoms. The van der Waals surface area contributed by atoms with Crippen molar-refractivity contribution in [3.05, 3.63) is 45.5 Å². The molecule has 88 valence electrons. The summed E-state index contributed by atoms with van der Waals surface area (Å²) < 4.78 is 6.33. The van der Waals surface area contributed by atoms with Gasteiger partial charge in [-0.2, -0.15) is 0 Å². The molecule has 1 aromatic heterocycles. The Morgan fingerprint density at radius 2 is 2.06 bits per heavy atom. The lowest BCUT2D eigenvalue weighted by molar-refractivity contribution is 0.274. The fourth-order valence-corrected chi connectivity index (χ4v) is 1.87. The van der Waals surface area contributed by atoms with Crippen LogP contribution < -0.4 is 4.74 Å². The number of nitrogens with zero attached hydrogens (tertiary/aromatic N) is 2. The van der Waals surface area contributed by atoms with E-state index >= 15 is 0 Å². The van der Waals surface area contributed by atoms with Gasteiger partial charge in [-0.1, -0.05) is 27.5 Å². The summed E-state index contributed by atoms with van der Waals surface area (Å²) in [6.45, 7) is -0.147. The summed E-state index contributed by atoms with van der Waals surface area (Å²) in [4.78, 5) is 0. The average molecular weight is 316 g/mol. The molecule has 1 N–H and O–H groups in total. The second kappa shape index (κ2) is 5.44. The lowest BCUT2D eigenvalue weighted by atomic mass is 10.3. The Morgan fingerprint density at radius 1 is 1.24 bits per heavy atom. The van der Waals surface area contributed by atoms with E-state index in [0.29, 0.717) is 22.3 Å². The maximum Gasteiger partial charge on any atom is 0.238 e. The van der Waals surface area contributed by atoms with Gasteiger partial charge in [0.05, 0.1) is 17.3 Å². The van der Waals surface area contributed by atoms with E-state index in [0.717, 1.165) is 4.47 Å². The zero-order valence-corrected chi connectivity index (χ0v) is 10.9. The van der Waals surface area contributed by atoms with Crippen molar-refractivity contribution in [1.29, 1.82) is 0 Å². The van der Waals surface area contributed by atoms with E-state index in [1.807, 2.05) is 6.07 Å². The van der Waals surface area contributed by atoms with Gasteiger partial charge >= 0.3 is 0 Å². The summed E-state index contributed by atoms with van der Waals surface area (Å²) in [5, 5.41) is 16.9. The monoisotopic (exact) mass is 314 g/mol. The first kappa shape index (κ1) is 12.3. The third kappa shape index (κ3) is 3.15. The summed E-state index contributed by atoms with van der Waals surface area (Å²) in [6.07, 6.45) is 0. The van der Waals surface area contributed by atoms with Gasteiger partial charge in [0, 0.05) is 10.5 Å². The molecule has 0 atom stereocenters. The molecule has 2 aromatic rings. The molecule has 0 spiro atoms. The van der Waals surface area contributed by atoms with Gasteiger partial charge in [0.15, 0.2) is 0 Å². The third-order valence-corrected chi connectivity index (χ3v) is 2.75. The first-order valence-corrected chi connectivity index (χ1v) is 5.92. The predicted octanol–water partition coefficient (Wildman–Crippen LogP) is 3.18. The molecule has 1 heterocycles. The van der Waals surface area contributed by atoms with Gasteiger partial charge in [-0.15, -0.1) is 10.2 Å². The highest BCUT2D eigenvalue weighted by Crippen LogP contribution is 2.30. The first-order chi connectivity index (χ1) is 8.19. The summed E-state index contributed by atoms with van der Waals surface area (Å²) >= 11 is 9.30. The number of hydrogen-bond donors (Lipinski definition) is 1. The normalized spacial score (nSPS) is 10.3. The molecule has 17 heavy (non-hydrogen) atoms. The van der Waals surface area contributed by atoms with E-state index < -0.39 is 0 Å². The number of aliphatic hydroxyl groups excluding tert-OH is 1. The van der Waals surface area contributed by atoms with Crippen LogP contribution in [0.4, 0.5) is 0 Å². The van der Waals surface area contributed by atoms with Crippen LogP contribution in [0.25, 0.3) is 0 Å². The lowest BCUT2D eigenvalue weighted by Crippen LogP contribution is -1.95. The molecule has 1 aromatic carbocycles. The molecule has 0 amide bonds. The van der Waals surface area contributed by atoms with Crippen LogP contribution in [0.1, 0.15) is 5.69 Å². The van der Waals surface area contributed by atoms with Gasteiger partial charge in [-0.25, -0.2) is 0 Å². The highest BCUT2D eigenvalue weighted by molar-refractivity contribution is 9.10. The standard InChI is InChI=1S/C11H8BrClN2O2/c12-7-1-3-10(9(13)5-7)17-11-4-2-8(6-16)14-15-11/h1-5,16H,6H2. The summed E-state index contributed by atoms with van der Waals surface area (Å²) in [6, 6.07) is 8.53. The molecule has 2 rings (SSSR count). The van der Waals surface area contributed by atoms with Crippen molar-refractivity contribution in [1.82, 2.24) is 10.2 Å². The highest BCUT2D eigenvalue weighted by atomic mass is 79.9. The smallest absolute Gasteiger partial charge is 0.238 e. The van der Waals surface area contributed by atoms with Crippen LogP contribution in [0.5, 0.6) is 11.6 Å². The minimum absolute atomic E-state index is 0.147. The molecule has 4 nitrogen and oxygen atoms in total. The second-order valence-corrected chi connectivity index (χ2v) is 4.52. The van der Waals surface area contributed by atoms with Crippen molar-refractivity contribution in [3.63, 3.8) is 0 Å². The van der Waals surface area contributed by atoms with E-state index in [9.17, 15) is 0 Å². The van der Waals surface area contributed by atoms with E-state index in [-0.39, 0.29) is 6.61 Å². The maximum atomic E-state index is 8.82. The van der Waals surface area contributed by atoms with Gasteiger partial charge in [-0.3, -0.25) is 0 Å². The quantitative estimate of drug-likeness (QED) is 0.945. The lowest BCUT2D eigenvalue weighted by Gasteiger charge is -2.06.